The molecular weight excluding hydrogens is 252 g/mol. The molecule has 0 spiro atoms. The Kier molecular flexibility index (Phi) is 3.46. The summed E-state index contributed by atoms with van der Waals surface area (Å²) >= 11 is 0. The van der Waals surface area contributed by atoms with Crippen LogP contribution in [0.2, 0.25) is 0 Å². The van der Waals surface area contributed by atoms with Gasteiger partial charge in [0.15, 0.2) is 0 Å². The maximum atomic E-state index is 11.7. The van der Waals surface area contributed by atoms with E-state index in [0.717, 1.165) is 6.20 Å². The number of carbonyl (C=O) groups excluding carboxylic acids is 1. The molecule has 0 unspecified atom stereocenters. The van der Waals surface area contributed by atoms with Gasteiger partial charge in [0, 0.05) is 6.20 Å². The number of carbonyl (C=O) groups is 2. The number of carboxylic acid groups (broad SMARTS) is 1. The standard InChI is InChI=1S/C12H10N2O5/c15-9-6-13-4-3-8(9)11(16)14-5-7-1-2-10(19-7)12(17)18/h1-4,6,15H,5H2,(H,14,16)(H,17,18). The molecule has 7 heteroatoms. The third-order valence-corrected chi connectivity index (χ3v) is 2.34. The lowest BCUT2D eigenvalue weighted by atomic mass is 10.2. The molecule has 0 radical (unpaired) electrons. The minimum atomic E-state index is -1.18. The first-order valence-electron chi connectivity index (χ1n) is 5.31. The van der Waals surface area contributed by atoms with Crippen molar-refractivity contribution in [3.8, 4) is 5.75 Å². The summed E-state index contributed by atoms with van der Waals surface area (Å²) in [7, 11) is 0. The third kappa shape index (κ3) is 2.89. The molecule has 98 valence electrons. The van der Waals surface area contributed by atoms with Crippen LogP contribution in [0.5, 0.6) is 5.75 Å². The smallest absolute Gasteiger partial charge is 0.371 e. The molecule has 0 aliphatic rings. The summed E-state index contributed by atoms with van der Waals surface area (Å²) < 4.78 is 4.97. The van der Waals surface area contributed by atoms with Crippen molar-refractivity contribution in [2.45, 2.75) is 6.54 Å². The average Bonchev–Trinajstić information content (AvgIpc) is 2.85. The fourth-order valence-corrected chi connectivity index (χ4v) is 1.43. The summed E-state index contributed by atoms with van der Waals surface area (Å²) in [5.74, 6) is -1.81. The zero-order chi connectivity index (χ0) is 13.8. The van der Waals surface area contributed by atoms with Crippen molar-refractivity contribution in [1.29, 1.82) is 0 Å². The van der Waals surface area contributed by atoms with Crippen LogP contribution in [0.15, 0.2) is 35.0 Å². The summed E-state index contributed by atoms with van der Waals surface area (Å²) in [6.45, 7) is 0.0217. The minimum absolute atomic E-state index is 0.0217. The van der Waals surface area contributed by atoms with Gasteiger partial charge in [-0.1, -0.05) is 0 Å². The van der Waals surface area contributed by atoms with Crippen molar-refractivity contribution >= 4 is 11.9 Å². The Morgan fingerprint density at radius 1 is 1.32 bits per heavy atom. The molecule has 0 atom stereocenters. The molecule has 0 fully saturated rings. The zero-order valence-corrected chi connectivity index (χ0v) is 9.66. The highest BCUT2D eigenvalue weighted by molar-refractivity contribution is 5.96. The van der Waals surface area contributed by atoms with Gasteiger partial charge in [-0.2, -0.15) is 0 Å². The van der Waals surface area contributed by atoms with E-state index in [1.54, 1.807) is 0 Å². The quantitative estimate of drug-likeness (QED) is 0.757. The Labute approximate surface area is 107 Å². The number of amides is 1. The van der Waals surface area contributed by atoms with Crippen molar-refractivity contribution in [2.24, 2.45) is 0 Å². The zero-order valence-electron chi connectivity index (χ0n) is 9.66. The van der Waals surface area contributed by atoms with Crippen LogP contribution < -0.4 is 5.32 Å². The van der Waals surface area contributed by atoms with E-state index < -0.39 is 11.9 Å². The first-order valence-corrected chi connectivity index (χ1v) is 5.31. The number of hydrogen-bond donors (Lipinski definition) is 3. The highest BCUT2D eigenvalue weighted by atomic mass is 16.4. The summed E-state index contributed by atoms with van der Waals surface area (Å²) in [6.07, 6.45) is 2.54. The van der Waals surface area contributed by atoms with E-state index in [0.29, 0.717) is 5.76 Å². The molecule has 0 saturated heterocycles. The molecule has 3 N–H and O–H groups in total. The van der Waals surface area contributed by atoms with E-state index >= 15 is 0 Å². The Hall–Kier alpha value is -2.83. The number of aromatic carboxylic acids is 1. The van der Waals surface area contributed by atoms with Crippen molar-refractivity contribution < 1.29 is 24.2 Å². The molecule has 2 heterocycles. The maximum Gasteiger partial charge on any atom is 0.371 e. The molecule has 0 aliphatic carbocycles. The van der Waals surface area contributed by atoms with E-state index in [4.69, 9.17) is 9.52 Å². The Bertz CT molecular complexity index is 620. The number of aromatic hydroxyl groups is 1. The van der Waals surface area contributed by atoms with Crippen molar-refractivity contribution in [1.82, 2.24) is 10.3 Å². The lowest BCUT2D eigenvalue weighted by Crippen LogP contribution is -2.22. The van der Waals surface area contributed by atoms with E-state index in [2.05, 4.69) is 10.3 Å². The van der Waals surface area contributed by atoms with Crippen LogP contribution >= 0.6 is 0 Å². The molecule has 0 aliphatic heterocycles. The van der Waals surface area contributed by atoms with Gasteiger partial charge < -0.3 is 19.9 Å². The van der Waals surface area contributed by atoms with E-state index in [9.17, 15) is 14.7 Å². The molecule has 7 nitrogen and oxygen atoms in total. The minimum Gasteiger partial charge on any atom is -0.505 e. The van der Waals surface area contributed by atoms with Crippen LogP contribution in [0.3, 0.4) is 0 Å². The first kappa shape index (κ1) is 12.6. The van der Waals surface area contributed by atoms with Gasteiger partial charge in [0.25, 0.3) is 5.91 Å². The number of carboxylic acids is 1. The highest BCUT2D eigenvalue weighted by Gasteiger charge is 2.12. The summed E-state index contributed by atoms with van der Waals surface area (Å²) in [4.78, 5) is 26.0. The molecule has 0 bridgehead atoms. The molecule has 2 rings (SSSR count). The number of aromatic nitrogens is 1. The highest BCUT2D eigenvalue weighted by Crippen LogP contribution is 2.14. The SMILES string of the molecule is O=C(O)c1ccc(CNC(=O)c2ccncc2O)o1. The topological polar surface area (TPSA) is 113 Å². The van der Waals surface area contributed by atoms with Crippen molar-refractivity contribution in [3.05, 3.63) is 47.7 Å². The molecule has 0 aromatic carbocycles. The first-order chi connectivity index (χ1) is 9.08. The summed E-state index contributed by atoms with van der Waals surface area (Å²) in [6, 6.07) is 4.12. The monoisotopic (exact) mass is 262 g/mol. The van der Waals surface area contributed by atoms with Crippen LogP contribution in [-0.4, -0.2) is 27.1 Å². The molecule has 2 aromatic rings. The van der Waals surface area contributed by atoms with Gasteiger partial charge >= 0.3 is 5.97 Å². The predicted octanol–water partition coefficient (Wildman–Crippen LogP) is 1.01. The van der Waals surface area contributed by atoms with Crippen molar-refractivity contribution in [2.75, 3.05) is 0 Å². The molecule has 1 amide bonds. The largest absolute Gasteiger partial charge is 0.505 e. The Morgan fingerprint density at radius 2 is 2.11 bits per heavy atom. The van der Waals surface area contributed by atoms with Gasteiger partial charge in [0.2, 0.25) is 5.76 Å². The maximum absolute atomic E-state index is 11.7. The number of nitrogens with one attached hydrogen (secondary N) is 1. The van der Waals surface area contributed by atoms with Gasteiger partial charge in [-0.05, 0) is 18.2 Å². The van der Waals surface area contributed by atoms with Gasteiger partial charge in [0.05, 0.1) is 18.3 Å². The average molecular weight is 262 g/mol. The number of pyridine rings is 1. The van der Waals surface area contributed by atoms with Gasteiger partial charge in [-0.15, -0.1) is 0 Å². The lowest BCUT2D eigenvalue weighted by Gasteiger charge is -2.04. The van der Waals surface area contributed by atoms with E-state index in [-0.39, 0.29) is 23.6 Å². The van der Waals surface area contributed by atoms with Gasteiger partial charge in [-0.3, -0.25) is 9.78 Å². The number of hydrogen-bond acceptors (Lipinski definition) is 5. The Balaban J connectivity index is 2.00. The molecule has 19 heavy (non-hydrogen) atoms. The van der Waals surface area contributed by atoms with Gasteiger partial charge in [-0.25, -0.2) is 4.79 Å². The van der Waals surface area contributed by atoms with Crippen molar-refractivity contribution in [3.63, 3.8) is 0 Å². The van der Waals surface area contributed by atoms with Crippen LogP contribution in [0.4, 0.5) is 0 Å². The fourth-order valence-electron chi connectivity index (χ4n) is 1.43. The van der Waals surface area contributed by atoms with E-state index in [1.807, 2.05) is 0 Å². The predicted molar refractivity (Wildman–Crippen MR) is 62.7 cm³/mol. The molecule has 2 aromatic heterocycles. The second-order valence-corrected chi connectivity index (χ2v) is 3.65. The lowest BCUT2D eigenvalue weighted by molar-refractivity contribution is 0.0660. The fraction of sp³-hybridized carbons (Fsp3) is 0.0833. The summed E-state index contributed by atoms with van der Waals surface area (Å²) in [5.41, 5.74) is 0.0833. The van der Waals surface area contributed by atoms with Gasteiger partial charge in [0.1, 0.15) is 11.5 Å². The summed E-state index contributed by atoms with van der Waals surface area (Å²) in [5, 5.41) is 20.6. The normalized spacial score (nSPS) is 10.1. The van der Waals surface area contributed by atoms with Crippen LogP contribution in [0.25, 0.3) is 0 Å². The molecular formula is C12H10N2O5. The van der Waals surface area contributed by atoms with E-state index in [1.165, 1.54) is 24.4 Å². The Morgan fingerprint density at radius 3 is 2.74 bits per heavy atom. The van der Waals surface area contributed by atoms with Crippen LogP contribution in [0.1, 0.15) is 26.7 Å². The number of furan rings is 1. The number of rotatable bonds is 4. The van der Waals surface area contributed by atoms with Crippen LogP contribution in [0, 0.1) is 0 Å². The van der Waals surface area contributed by atoms with Crippen LogP contribution in [-0.2, 0) is 6.54 Å². The number of nitrogens with zero attached hydrogens (tertiary/aromatic N) is 1. The third-order valence-electron chi connectivity index (χ3n) is 2.34. The second-order valence-electron chi connectivity index (χ2n) is 3.65. The second kappa shape index (κ2) is 5.21. The molecule has 0 saturated carbocycles.